The van der Waals surface area contributed by atoms with E-state index in [2.05, 4.69) is 0 Å². The molecule has 0 radical (unpaired) electrons. The van der Waals surface area contributed by atoms with Gasteiger partial charge in [0.2, 0.25) is 4.33 Å². The molecule has 2 aromatic rings. The first-order valence-electron chi connectivity index (χ1n) is 8.38. The van der Waals surface area contributed by atoms with Crippen molar-refractivity contribution in [3.8, 4) is 0 Å². The van der Waals surface area contributed by atoms with Crippen molar-refractivity contribution in [2.24, 2.45) is 0 Å². The largest absolute Gasteiger partial charge is 0.464 e. The average Bonchev–Trinajstić information content (AvgIpc) is 2.66. The normalized spacial score (nSPS) is 18.8. The van der Waals surface area contributed by atoms with Gasteiger partial charge in [0.05, 0.1) is 6.61 Å². The third-order valence-electron chi connectivity index (χ3n) is 4.70. The number of rotatable bonds is 5. The van der Waals surface area contributed by atoms with Crippen molar-refractivity contribution < 1.29 is 14.3 Å². The second kappa shape index (κ2) is 6.93. The number of carbonyl (C=O) groups excluding carboxylic acids is 2. The number of benzene rings is 2. The first-order chi connectivity index (χ1) is 12.4. The van der Waals surface area contributed by atoms with Gasteiger partial charge < -0.3 is 9.64 Å². The van der Waals surface area contributed by atoms with Crippen LogP contribution in [0.4, 0.5) is 0 Å². The molecule has 1 heterocycles. The van der Waals surface area contributed by atoms with Crippen molar-refractivity contribution in [3.63, 3.8) is 0 Å². The Labute approximate surface area is 162 Å². The SMILES string of the molecule is CCOC(=O)[C@@H](C)N1C(=O)C(Cl)(Cl)C1(c1ccccc1)c1ccccc1. The number of ether oxygens (including phenoxy) is 1. The number of likely N-dealkylation sites (tertiary alicyclic amines) is 1. The molecule has 2 aromatic carbocycles. The minimum absolute atomic E-state index is 0.224. The molecule has 4 nitrogen and oxygen atoms in total. The highest BCUT2D eigenvalue weighted by Crippen LogP contribution is 2.60. The molecule has 0 bridgehead atoms. The fourth-order valence-corrected chi connectivity index (χ4v) is 4.36. The summed E-state index contributed by atoms with van der Waals surface area (Å²) < 4.78 is 3.38. The van der Waals surface area contributed by atoms with Gasteiger partial charge in [0.1, 0.15) is 11.6 Å². The maximum atomic E-state index is 12.8. The minimum atomic E-state index is -1.74. The highest BCUT2D eigenvalue weighted by molar-refractivity contribution is 6.61. The quantitative estimate of drug-likeness (QED) is 0.441. The van der Waals surface area contributed by atoms with E-state index in [1.807, 2.05) is 60.7 Å². The van der Waals surface area contributed by atoms with E-state index >= 15 is 0 Å². The predicted molar refractivity (Wildman–Crippen MR) is 101 cm³/mol. The summed E-state index contributed by atoms with van der Waals surface area (Å²) in [4.78, 5) is 26.7. The Morgan fingerprint density at radius 1 is 1.04 bits per heavy atom. The molecule has 1 aliphatic heterocycles. The minimum Gasteiger partial charge on any atom is -0.464 e. The highest BCUT2D eigenvalue weighted by Gasteiger charge is 2.73. The first-order valence-corrected chi connectivity index (χ1v) is 9.13. The summed E-state index contributed by atoms with van der Waals surface area (Å²) in [7, 11) is 0. The van der Waals surface area contributed by atoms with E-state index in [9.17, 15) is 9.59 Å². The van der Waals surface area contributed by atoms with Gasteiger partial charge in [-0.3, -0.25) is 4.79 Å². The zero-order valence-corrected chi connectivity index (χ0v) is 16.0. The van der Waals surface area contributed by atoms with Crippen LogP contribution in [-0.4, -0.2) is 33.8 Å². The summed E-state index contributed by atoms with van der Waals surface area (Å²) >= 11 is 13.2. The van der Waals surface area contributed by atoms with Gasteiger partial charge in [-0.1, -0.05) is 83.9 Å². The maximum Gasteiger partial charge on any atom is 0.328 e. The maximum absolute atomic E-state index is 12.8. The second-order valence-electron chi connectivity index (χ2n) is 6.12. The van der Waals surface area contributed by atoms with Crippen molar-refractivity contribution in [3.05, 3.63) is 71.8 Å². The first kappa shape index (κ1) is 18.7. The fraction of sp³-hybridized carbons (Fsp3) is 0.300. The summed E-state index contributed by atoms with van der Waals surface area (Å²) in [6.07, 6.45) is 0. The number of carbonyl (C=O) groups is 2. The number of halogens is 2. The molecule has 26 heavy (non-hydrogen) atoms. The van der Waals surface area contributed by atoms with Crippen LogP contribution in [0.25, 0.3) is 0 Å². The van der Waals surface area contributed by atoms with Crippen LogP contribution >= 0.6 is 23.2 Å². The van der Waals surface area contributed by atoms with Gasteiger partial charge in [-0.25, -0.2) is 4.79 Å². The van der Waals surface area contributed by atoms with Crippen LogP contribution in [0.2, 0.25) is 0 Å². The lowest BCUT2D eigenvalue weighted by Crippen LogP contribution is -2.78. The van der Waals surface area contributed by atoms with E-state index in [0.29, 0.717) is 0 Å². The fourth-order valence-electron chi connectivity index (χ4n) is 3.56. The van der Waals surface area contributed by atoms with Gasteiger partial charge in [-0.15, -0.1) is 0 Å². The molecule has 1 aliphatic rings. The monoisotopic (exact) mass is 391 g/mol. The molecule has 0 spiro atoms. The molecule has 1 amide bonds. The molecule has 6 heteroatoms. The van der Waals surface area contributed by atoms with Gasteiger partial charge in [-0.2, -0.15) is 0 Å². The van der Waals surface area contributed by atoms with Crippen LogP contribution in [0, 0.1) is 0 Å². The molecule has 1 saturated heterocycles. The summed E-state index contributed by atoms with van der Waals surface area (Å²) in [6, 6.07) is 17.7. The van der Waals surface area contributed by atoms with E-state index < -0.39 is 27.8 Å². The molecule has 0 saturated carbocycles. The molecular formula is C20H19Cl2NO3. The summed E-state index contributed by atoms with van der Waals surface area (Å²) in [5.41, 5.74) is 0.265. The molecule has 1 fully saturated rings. The summed E-state index contributed by atoms with van der Waals surface area (Å²) in [6.45, 7) is 3.57. The van der Waals surface area contributed by atoms with Crippen molar-refractivity contribution in [1.29, 1.82) is 0 Å². The lowest BCUT2D eigenvalue weighted by Gasteiger charge is -2.61. The Balaban J connectivity index is 2.23. The van der Waals surface area contributed by atoms with Crippen molar-refractivity contribution in [2.45, 2.75) is 29.8 Å². The van der Waals surface area contributed by atoms with Crippen molar-refractivity contribution in [2.75, 3.05) is 6.61 Å². The van der Waals surface area contributed by atoms with E-state index in [0.717, 1.165) is 11.1 Å². The lowest BCUT2D eigenvalue weighted by atomic mass is 9.70. The van der Waals surface area contributed by atoms with Gasteiger partial charge in [-0.05, 0) is 25.0 Å². The van der Waals surface area contributed by atoms with E-state index in [-0.39, 0.29) is 6.61 Å². The van der Waals surface area contributed by atoms with E-state index in [1.165, 1.54) is 4.90 Å². The Morgan fingerprint density at radius 2 is 1.50 bits per heavy atom. The van der Waals surface area contributed by atoms with Crippen LogP contribution < -0.4 is 0 Å². The summed E-state index contributed by atoms with van der Waals surface area (Å²) in [5, 5.41) is 0. The Morgan fingerprint density at radius 3 is 1.92 bits per heavy atom. The second-order valence-corrected chi connectivity index (χ2v) is 7.45. The standard InChI is InChI=1S/C20H19Cl2NO3/c1-3-26-17(24)14(2)23-18(25)20(21,22)19(23,15-10-6-4-7-11-15)16-12-8-5-9-13-16/h4-14H,3H2,1-2H3/t14-/m1/s1. The molecule has 1 atom stereocenters. The number of hydrogen-bond donors (Lipinski definition) is 0. The number of β-lactam (4-membered cyclic amide) rings is 1. The highest BCUT2D eigenvalue weighted by atomic mass is 35.5. The number of hydrogen-bond acceptors (Lipinski definition) is 3. The molecule has 0 unspecified atom stereocenters. The smallest absolute Gasteiger partial charge is 0.328 e. The predicted octanol–water partition coefficient (Wildman–Crippen LogP) is 3.90. The summed E-state index contributed by atoms with van der Waals surface area (Å²) in [5.74, 6) is -1.02. The van der Waals surface area contributed by atoms with Crippen molar-refractivity contribution >= 4 is 35.1 Å². The zero-order chi connectivity index (χ0) is 18.9. The van der Waals surface area contributed by atoms with Crippen LogP contribution in [0.1, 0.15) is 25.0 Å². The Bertz CT molecular complexity index is 769. The number of esters is 1. The zero-order valence-electron chi connectivity index (χ0n) is 14.5. The number of alkyl halides is 2. The van der Waals surface area contributed by atoms with E-state index in [4.69, 9.17) is 27.9 Å². The Hall–Kier alpha value is -2.04. The molecular weight excluding hydrogens is 373 g/mol. The van der Waals surface area contributed by atoms with Crippen LogP contribution in [0.5, 0.6) is 0 Å². The molecule has 0 N–H and O–H groups in total. The molecule has 0 aromatic heterocycles. The van der Waals surface area contributed by atoms with E-state index in [1.54, 1.807) is 13.8 Å². The molecule has 3 rings (SSSR count). The average molecular weight is 392 g/mol. The van der Waals surface area contributed by atoms with Crippen LogP contribution in [-0.2, 0) is 19.9 Å². The number of nitrogens with zero attached hydrogens (tertiary/aromatic N) is 1. The third-order valence-corrected chi connectivity index (χ3v) is 5.57. The molecule has 0 aliphatic carbocycles. The lowest BCUT2D eigenvalue weighted by molar-refractivity contribution is -0.172. The van der Waals surface area contributed by atoms with Gasteiger partial charge in [0, 0.05) is 0 Å². The Kier molecular flexibility index (Phi) is 5.00. The van der Waals surface area contributed by atoms with Crippen LogP contribution in [0.15, 0.2) is 60.7 Å². The van der Waals surface area contributed by atoms with Gasteiger partial charge in [0.15, 0.2) is 0 Å². The van der Waals surface area contributed by atoms with Gasteiger partial charge >= 0.3 is 5.97 Å². The van der Waals surface area contributed by atoms with Crippen molar-refractivity contribution in [1.82, 2.24) is 4.90 Å². The van der Waals surface area contributed by atoms with Crippen LogP contribution in [0.3, 0.4) is 0 Å². The number of amides is 1. The van der Waals surface area contributed by atoms with Gasteiger partial charge in [0.25, 0.3) is 5.91 Å². The topological polar surface area (TPSA) is 46.6 Å². The molecule has 136 valence electrons. The third kappa shape index (κ3) is 2.51.